The van der Waals surface area contributed by atoms with Crippen molar-refractivity contribution in [1.82, 2.24) is 0 Å². The Morgan fingerprint density at radius 3 is 2.33 bits per heavy atom. The predicted octanol–water partition coefficient (Wildman–Crippen LogP) is 2.80. The minimum Gasteiger partial charge on any atom is -0.508 e. The molecule has 0 aliphatic rings. The maximum Gasteiger partial charge on any atom is 0.111 e. The third-order valence-corrected chi connectivity index (χ3v) is 0.850. The van der Waals surface area contributed by atoms with Gasteiger partial charge in [0.25, 0.3) is 0 Å². The van der Waals surface area contributed by atoms with E-state index in [9.17, 15) is 0 Å². The molecule has 0 rings (SSSR count). The highest BCUT2D eigenvalue weighted by Crippen LogP contribution is 1.98. The van der Waals surface area contributed by atoms with Crippen LogP contribution in [0.15, 0.2) is 23.5 Å². The second kappa shape index (κ2) is 4.19. The standard InChI is InChI=1S/C8H14O/c1-4-5-8(9)6-7(2)3/h5-6,9H,4H2,1-3H3/b8-5+. The third kappa shape index (κ3) is 5.15. The van der Waals surface area contributed by atoms with Crippen molar-refractivity contribution in [1.29, 1.82) is 0 Å². The van der Waals surface area contributed by atoms with Gasteiger partial charge in [0.05, 0.1) is 0 Å². The van der Waals surface area contributed by atoms with Crippen molar-refractivity contribution < 1.29 is 5.11 Å². The summed E-state index contributed by atoms with van der Waals surface area (Å²) in [4.78, 5) is 0. The van der Waals surface area contributed by atoms with E-state index in [1.165, 1.54) is 0 Å². The molecule has 0 aliphatic heterocycles. The first kappa shape index (κ1) is 8.28. The van der Waals surface area contributed by atoms with Crippen molar-refractivity contribution >= 4 is 0 Å². The molecule has 0 bridgehead atoms. The van der Waals surface area contributed by atoms with Gasteiger partial charge in [-0.25, -0.2) is 0 Å². The van der Waals surface area contributed by atoms with Crippen molar-refractivity contribution in [2.45, 2.75) is 27.2 Å². The Hall–Kier alpha value is -0.720. The first-order valence-corrected chi connectivity index (χ1v) is 3.20. The van der Waals surface area contributed by atoms with E-state index in [0.717, 1.165) is 12.0 Å². The van der Waals surface area contributed by atoms with E-state index in [1.54, 1.807) is 12.2 Å². The molecule has 0 spiro atoms. The molecule has 0 aromatic heterocycles. The number of hydrogen-bond donors (Lipinski definition) is 1. The van der Waals surface area contributed by atoms with Gasteiger partial charge in [-0.1, -0.05) is 12.5 Å². The van der Waals surface area contributed by atoms with Crippen LogP contribution in [0.1, 0.15) is 27.2 Å². The Labute approximate surface area is 56.7 Å². The SMILES string of the molecule is CC/C=C(/O)C=C(C)C. The summed E-state index contributed by atoms with van der Waals surface area (Å²) in [5, 5.41) is 9.00. The van der Waals surface area contributed by atoms with E-state index in [1.807, 2.05) is 20.8 Å². The van der Waals surface area contributed by atoms with Gasteiger partial charge in [-0.05, 0) is 32.4 Å². The highest BCUT2D eigenvalue weighted by atomic mass is 16.3. The minimum absolute atomic E-state index is 0.373. The van der Waals surface area contributed by atoms with E-state index in [2.05, 4.69) is 0 Å². The van der Waals surface area contributed by atoms with Crippen LogP contribution in [0.4, 0.5) is 0 Å². The maximum atomic E-state index is 9.00. The monoisotopic (exact) mass is 126 g/mol. The average Bonchev–Trinajstić information content (AvgIpc) is 1.63. The summed E-state index contributed by atoms with van der Waals surface area (Å²) in [6.07, 6.45) is 4.42. The van der Waals surface area contributed by atoms with Gasteiger partial charge in [0.15, 0.2) is 0 Å². The Kier molecular flexibility index (Phi) is 3.85. The third-order valence-electron chi connectivity index (χ3n) is 0.850. The van der Waals surface area contributed by atoms with Crippen molar-refractivity contribution in [2.24, 2.45) is 0 Å². The molecule has 1 heteroatoms. The van der Waals surface area contributed by atoms with Gasteiger partial charge < -0.3 is 5.11 Å². The van der Waals surface area contributed by atoms with Crippen LogP contribution >= 0.6 is 0 Å². The smallest absolute Gasteiger partial charge is 0.111 e. The molecule has 9 heavy (non-hydrogen) atoms. The van der Waals surface area contributed by atoms with E-state index in [-0.39, 0.29) is 0 Å². The molecule has 0 unspecified atom stereocenters. The molecule has 0 radical (unpaired) electrons. The fraction of sp³-hybridized carbons (Fsp3) is 0.500. The lowest BCUT2D eigenvalue weighted by atomic mass is 10.3. The van der Waals surface area contributed by atoms with Gasteiger partial charge in [-0.15, -0.1) is 0 Å². The van der Waals surface area contributed by atoms with Gasteiger partial charge in [-0.2, -0.15) is 0 Å². The van der Waals surface area contributed by atoms with Crippen molar-refractivity contribution in [3.63, 3.8) is 0 Å². The molecule has 0 aromatic carbocycles. The van der Waals surface area contributed by atoms with Crippen molar-refractivity contribution in [3.05, 3.63) is 23.5 Å². The Morgan fingerprint density at radius 2 is 2.00 bits per heavy atom. The largest absolute Gasteiger partial charge is 0.508 e. The Morgan fingerprint density at radius 1 is 1.44 bits per heavy atom. The lowest BCUT2D eigenvalue weighted by Crippen LogP contribution is -1.74. The number of rotatable bonds is 2. The molecule has 0 atom stereocenters. The zero-order valence-electron chi connectivity index (χ0n) is 6.31. The topological polar surface area (TPSA) is 20.2 Å². The highest BCUT2D eigenvalue weighted by Gasteiger charge is 1.82. The van der Waals surface area contributed by atoms with Crippen LogP contribution in [0.2, 0.25) is 0 Å². The van der Waals surface area contributed by atoms with Crippen LogP contribution in [0.3, 0.4) is 0 Å². The Balaban J connectivity index is 3.90. The summed E-state index contributed by atoms with van der Waals surface area (Å²) >= 11 is 0. The minimum atomic E-state index is 0.373. The zero-order chi connectivity index (χ0) is 7.28. The molecule has 52 valence electrons. The number of aliphatic hydroxyl groups is 1. The summed E-state index contributed by atoms with van der Waals surface area (Å²) in [5.74, 6) is 0.373. The molecule has 0 saturated heterocycles. The van der Waals surface area contributed by atoms with Gasteiger partial charge in [-0.3, -0.25) is 0 Å². The number of hydrogen-bond acceptors (Lipinski definition) is 1. The first-order valence-electron chi connectivity index (χ1n) is 3.20. The van der Waals surface area contributed by atoms with Gasteiger partial charge in [0.1, 0.15) is 5.76 Å². The van der Waals surface area contributed by atoms with Gasteiger partial charge >= 0.3 is 0 Å². The summed E-state index contributed by atoms with van der Waals surface area (Å²) in [7, 11) is 0. The number of allylic oxidation sites excluding steroid dienone is 3. The lowest BCUT2D eigenvalue weighted by molar-refractivity contribution is 0.429. The summed E-state index contributed by atoms with van der Waals surface area (Å²) in [5.41, 5.74) is 1.12. The fourth-order valence-corrected chi connectivity index (χ4v) is 0.564. The van der Waals surface area contributed by atoms with E-state index < -0.39 is 0 Å². The molecule has 0 aromatic rings. The zero-order valence-corrected chi connectivity index (χ0v) is 6.31. The van der Waals surface area contributed by atoms with Crippen LogP contribution in [-0.2, 0) is 0 Å². The summed E-state index contributed by atoms with van der Waals surface area (Å²) in [6.45, 7) is 5.91. The molecule has 1 nitrogen and oxygen atoms in total. The van der Waals surface area contributed by atoms with Crippen LogP contribution in [-0.4, -0.2) is 5.11 Å². The molecule has 0 aliphatic carbocycles. The van der Waals surface area contributed by atoms with Crippen molar-refractivity contribution in [2.75, 3.05) is 0 Å². The molecular formula is C8H14O. The second-order valence-electron chi connectivity index (χ2n) is 2.26. The number of aliphatic hydroxyl groups excluding tert-OH is 1. The van der Waals surface area contributed by atoms with Crippen LogP contribution in [0.5, 0.6) is 0 Å². The van der Waals surface area contributed by atoms with Crippen LogP contribution in [0.25, 0.3) is 0 Å². The van der Waals surface area contributed by atoms with E-state index >= 15 is 0 Å². The molecule has 1 N–H and O–H groups in total. The van der Waals surface area contributed by atoms with Crippen LogP contribution in [0, 0.1) is 0 Å². The van der Waals surface area contributed by atoms with E-state index in [0.29, 0.717) is 5.76 Å². The van der Waals surface area contributed by atoms with Crippen LogP contribution < -0.4 is 0 Å². The lowest BCUT2D eigenvalue weighted by Gasteiger charge is -1.90. The summed E-state index contributed by atoms with van der Waals surface area (Å²) < 4.78 is 0. The maximum absolute atomic E-state index is 9.00. The quantitative estimate of drug-likeness (QED) is 0.445. The Bertz CT molecular complexity index is 128. The normalized spacial score (nSPS) is 11.2. The van der Waals surface area contributed by atoms with E-state index in [4.69, 9.17) is 5.11 Å². The first-order chi connectivity index (χ1) is 4.16. The molecule has 0 saturated carbocycles. The predicted molar refractivity (Wildman–Crippen MR) is 40.4 cm³/mol. The molecule has 0 fully saturated rings. The molecular weight excluding hydrogens is 112 g/mol. The molecule has 0 amide bonds. The summed E-state index contributed by atoms with van der Waals surface area (Å²) in [6, 6.07) is 0. The second-order valence-corrected chi connectivity index (χ2v) is 2.26. The highest BCUT2D eigenvalue weighted by molar-refractivity contribution is 5.14. The van der Waals surface area contributed by atoms with Crippen molar-refractivity contribution in [3.8, 4) is 0 Å². The fourth-order valence-electron chi connectivity index (χ4n) is 0.564. The van der Waals surface area contributed by atoms with Gasteiger partial charge in [0.2, 0.25) is 0 Å². The molecule has 0 heterocycles. The average molecular weight is 126 g/mol. The van der Waals surface area contributed by atoms with Gasteiger partial charge in [0, 0.05) is 0 Å².